The number of halogens is 1. The summed E-state index contributed by atoms with van der Waals surface area (Å²) < 4.78 is 28.0. The molecule has 0 aromatic heterocycles. The van der Waals surface area contributed by atoms with E-state index in [0.717, 1.165) is 6.42 Å². The molecule has 0 aliphatic heterocycles. The van der Waals surface area contributed by atoms with Crippen LogP contribution in [-0.2, 0) is 32.5 Å². The van der Waals surface area contributed by atoms with Crippen LogP contribution in [0.5, 0.6) is 0 Å². The van der Waals surface area contributed by atoms with Gasteiger partial charge in [0, 0.05) is 22.4 Å². The van der Waals surface area contributed by atoms with Gasteiger partial charge >= 0.3 is 0 Å². The summed E-state index contributed by atoms with van der Waals surface area (Å²) in [5.74, 6) is -0.108. The molecular weight excluding hydrogens is 255 g/mol. The van der Waals surface area contributed by atoms with E-state index in [1.54, 1.807) is 0 Å². The molecule has 0 fully saturated rings. The molecule has 0 aliphatic carbocycles. The number of hydrogen-bond donors (Lipinski definition) is 1. The second kappa shape index (κ2) is 7.68. The number of hydrogen-bond acceptors (Lipinski definition) is 2. The second-order valence-electron chi connectivity index (χ2n) is 1.64. The van der Waals surface area contributed by atoms with Gasteiger partial charge in [-0.15, -0.1) is 0 Å². The average molecular weight is 266 g/mol. The van der Waals surface area contributed by atoms with E-state index < -0.39 is 10.1 Å². The molecule has 10 heavy (non-hydrogen) atoms. The molecule has 0 aromatic carbocycles. The standard InChI is InChI=1S/C4H10O3S.Ag.FH/c1-2-3-4-8(5,6)7;;/h2-4H2,1H3,(H,5,6,7);;1H. The Balaban J connectivity index is -0.000000245. The van der Waals surface area contributed by atoms with Crippen LogP contribution in [0.3, 0.4) is 0 Å². The summed E-state index contributed by atoms with van der Waals surface area (Å²) in [6.07, 6.45) is 1.33. The van der Waals surface area contributed by atoms with Crippen LogP contribution >= 0.6 is 0 Å². The van der Waals surface area contributed by atoms with Crippen molar-refractivity contribution < 1.29 is 40.1 Å². The van der Waals surface area contributed by atoms with E-state index in [9.17, 15) is 8.42 Å². The van der Waals surface area contributed by atoms with Crippen molar-refractivity contribution in [3.8, 4) is 0 Å². The molecule has 0 amide bonds. The maximum atomic E-state index is 9.95. The molecule has 6 heteroatoms. The Bertz CT molecular complexity index is 145. The Labute approximate surface area is 75.8 Å². The molecule has 0 saturated carbocycles. The zero-order chi connectivity index (χ0) is 6.62. The van der Waals surface area contributed by atoms with E-state index in [1.807, 2.05) is 6.92 Å². The first-order valence-corrected chi connectivity index (χ1v) is 4.12. The third-order valence-electron chi connectivity index (χ3n) is 0.756. The third-order valence-corrected chi connectivity index (χ3v) is 1.56. The fourth-order valence-corrected chi connectivity index (χ4v) is 0.980. The smallest absolute Gasteiger partial charge is 0.264 e. The molecule has 0 aromatic rings. The van der Waals surface area contributed by atoms with Crippen LogP contribution in [0.4, 0.5) is 4.70 Å². The minimum Gasteiger partial charge on any atom is -0.286 e. The minimum absolute atomic E-state index is 0. The molecule has 0 rings (SSSR count). The van der Waals surface area contributed by atoms with Crippen LogP contribution in [0.25, 0.3) is 0 Å². The van der Waals surface area contributed by atoms with E-state index in [2.05, 4.69) is 0 Å². The van der Waals surface area contributed by atoms with Gasteiger partial charge in [-0.3, -0.25) is 9.26 Å². The molecule has 0 unspecified atom stereocenters. The minimum atomic E-state index is -3.69. The van der Waals surface area contributed by atoms with E-state index in [0.29, 0.717) is 6.42 Å². The van der Waals surface area contributed by atoms with Gasteiger partial charge in [0.25, 0.3) is 10.1 Å². The van der Waals surface area contributed by atoms with Crippen LogP contribution in [-0.4, -0.2) is 18.7 Å². The average Bonchev–Trinajstić information content (AvgIpc) is 1.59. The molecule has 3 nitrogen and oxygen atoms in total. The molecule has 0 atom stereocenters. The fraction of sp³-hybridized carbons (Fsp3) is 1.00. The fourth-order valence-electron chi connectivity index (χ4n) is 0.327. The maximum absolute atomic E-state index is 9.95. The van der Waals surface area contributed by atoms with Gasteiger partial charge in [-0.05, 0) is 6.42 Å². The second-order valence-corrected chi connectivity index (χ2v) is 3.21. The Kier molecular flexibility index (Phi) is 13.0. The van der Waals surface area contributed by atoms with Crippen LogP contribution in [0.1, 0.15) is 19.8 Å². The van der Waals surface area contributed by atoms with Crippen molar-refractivity contribution in [1.82, 2.24) is 0 Å². The number of unbranched alkanes of at least 4 members (excludes halogenated alkanes) is 1. The van der Waals surface area contributed by atoms with Crippen LogP contribution < -0.4 is 0 Å². The van der Waals surface area contributed by atoms with Crippen LogP contribution in [0.2, 0.25) is 0 Å². The Morgan fingerprint density at radius 1 is 1.40 bits per heavy atom. The summed E-state index contributed by atoms with van der Waals surface area (Å²) >= 11 is 0. The molecule has 69 valence electrons. The Morgan fingerprint density at radius 2 is 1.80 bits per heavy atom. The molecular formula is C4H11AgFO3S. The van der Waals surface area contributed by atoms with Gasteiger partial charge in [0.1, 0.15) is 0 Å². The zero-order valence-corrected chi connectivity index (χ0v) is 7.80. The molecule has 0 bridgehead atoms. The first-order chi connectivity index (χ1) is 3.56. The van der Waals surface area contributed by atoms with E-state index in [1.165, 1.54) is 0 Å². The zero-order valence-electron chi connectivity index (χ0n) is 5.50. The van der Waals surface area contributed by atoms with E-state index >= 15 is 0 Å². The molecule has 1 radical (unpaired) electrons. The maximum Gasteiger partial charge on any atom is 0.264 e. The van der Waals surface area contributed by atoms with E-state index in [4.69, 9.17) is 4.55 Å². The molecule has 0 aliphatic rings. The monoisotopic (exact) mass is 265 g/mol. The quantitative estimate of drug-likeness (QED) is 0.608. The predicted molar refractivity (Wildman–Crippen MR) is 33.8 cm³/mol. The van der Waals surface area contributed by atoms with Crippen molar-refractivity contribution in [1.29, 1.82) is 0 Å². The predicted octanol–water partition coefficient (Wildman–Crippen LogP) is 0.824. The van der Waals surface area contributed by atoms with Gasteiger partial charge in [0.05, 0.1) is 5.75 Å². The summed E-state index contributed by atoms with van der Waals surface area (Å²) in [6, 6.07) is 0. The Morgan fingerprint density at radius 3 is 1.90 bits per heavy atom. The SMILES string of the molecule is CCCCS(=O)(=O)O.F.[Ag]. The summed E-state index contributed by atoms with van der Waals surface area (Å²) in [7, 11) is -3.69. The Hall–Kier alpha value is 0.580. The molecule has 1 N–H and O–H groups in total. The largest absolute Gasteiger partial charge is 0.286 e. The van der Waals surface area contributed by atoms with Gasteiger partial charge in [0.2, 0.25) is 0 Å². The van der Waals surface area contributed by atoms with Crippen molar-refractivity contribution in [2.24, 2.45) is 0 Å². The van der Waals surface area contributed by atoms with Gasteiger partial charge in [-0.1, -0.05) is 13.3 Å². The van der Waals surface area contributed by atoms with Gasteiger partial charge < -0.3 is 0 Å². The summed E-state index contributed by atoms with van der Waals surface area (Å²) in [6.45, 7) is 1.87. The summed E-state index contributed by atoms with van der Waals surface area (Å²) in [4.78, 5) is 0. The van der Waals surface area contributed by atoms with Gasteiger partial charge in [-0.25, -0.2) is 0 Å². The first-order valence-electron chi connectivity index (χ1n) is 2.51. The van der Waals surface area contributed by atoms with E-state index in [-0.39, 0.29) is 32.8 Å². The molecule has 0 saturated heterocycles. The van der Waals surface area contributed by atoms with Crippen LogP contribution in [0.15, 0.2) is 0 Å². The summed E-state index contributed by atoms with van der Waals surface area (Å²) in [5, 5.41) is 0. The van der Waals surface area contributed by atoms with Crippen molar-refractivity contribution in [2.45, 2.75) is 19.8 Å². The number of rotatable bonds is 3. The molecule has 0 spiro atoms. The topological polar surface area (TPSA) is 54.4 Å². The van der Waals surface area contributed by atoms with Crippen molar-refractivity contribution >= 4 is 10.1 Å². The van der Waals surface area contributed by atoms with Crippen molar-refractivity contribution in [3.05, 3.63) is 0 Å². The third kappa shape index (κ3) is 15.8. The van der Waals surface area contributed by atoms with Crippen molar-refractivity contribution in [3.63, 3.8) is 0 Å². The van der Waals surface area contributed by atoms with Crippen molar-refractivity contribution in [2.75, 3.05) is 5.75 Å². The van der Waals surface area contributed by atoms with Crippen LogP contribution in [0, 0.1) is 0 Å². The summed E-state index contributed by atoms with van der Waals surface area (Å²) in [5.41, 5.74) is 0. The van der Waals surface area contributed by atoms with Gasteiger partial charge in [0.15, 0.2) is 0 Å². The first kappa shape index (κ1) is 16.9. The van der Waals surface area contributed by atoms with Gasteiger partial charge in [-0.2, -0.15) is 8.42 Å². The molecule has 0 heterocycles. The normalized spacial score (nSPS) is 9.40.